The number of pyridine rings is 1. The van der Waals surface area contributed by atoms with Gasteiger partial charge >= 0.3 is 0 Å². The third kappa shape index (κ3) is 5.62. The van der Waals surface area contributed by atoms with Crippen molar-refractivity contribution >= 4 is 89.2 Å². The number of nitrogens with zero attached hydrogens (tertiary/aromatic N) is 5. The molecule has 1 aliphatic carbocycles. The molecule has 3 aliphatic rings. The van der Waals surface area contributed by atoms with Crippen molar-refractivity contribution in [2.45, 2.75) is 19.3 Å². The molecule has 0 radical (unpaired) electrons. The Morgan fingerprint density at radius 1 is 0.362 bits per heavy atom. The van der Waals surface area contributed by atoms with Crippen LogP contribution in [0.4, 0.5) is 56.9 Å². The van der Waals surface area contributed by atoms with E-state index in [9.17, 15) is 0 Å². The van der Waals surface area contributed by atoms with Crippen LogP contribution in [-0.2, 0) is 5.41 Å². The van der Waals surface area contributed by atoms with Crippen molar-refractivity contribution < 1.29 is 0 Å². The number of aromatic nitrogens is 1. The van der Waals surface area contributed by atoms with Crippen LogP contribution >= 0.6 is 0 Å². The van der Waals surface area contributed by atoms with Gasteiger partial charge in [0.05, 0.1) is 51.2 Å². The van der Waals surface area contributed by atoms with Gasteiger partial charge in [-0.05, 0) is 145 Å². The number of anilines is 10. The van der Waals surface area contributed by atoms with Gasteiger partial charge in [0.15, 0.2) is 0 Å². The van der Waals surface area contributed by atoms with Crippen LogP contribution in [0.1, 0.15) is 25.0 Å². The number of benzene rings is 10. The average molecular weight is 886 g/mol. The number of para-hydroxylation sites is 8. The second-order valence-corrected chi connectivity index (χ2v) is 19.3. The zero-order valence-electron chi connectivity index (χ0n) is 38.9. The third-order valence-electron chi connectivity index (χ3n) is 15.3. The van der Waals surface area contributed by atoms with Gasteiger partial charge in [0.2, 0.25) is 0 Å². The van der Waals surface area contributed by atoms with Crippen LogP contribution in [-0.4, -0.2) is 19.1 Å². The van der Waals surface area contributed by atoms with Crippen LogP contribution in [0.2, 0.25) is 0 Å². The lowest BCUT2D eigenvalue weighted by Gasteiger charge is -2.39. The molecule has 0 saturated carbocycles. The minimum absolute atomic E-state index is 0.172. The fourth-order valence-corrected chi connectivity index (χ4v) is 12.1. The molecule has 0 fully saturated rings. The first-order valence-corrected chi connectivity index (χ1v) is 23.9. The lowest BCUT2D eigenvalue weighted by Crippen LogP contribution is -2.24. The molecule has 11 aromatic rings. The predicted octanol–water partition coefficient (Wildman–Crippen LogP) is 17.3. The van der Waals surface area contributed by atoms with Gasteiger partial charge in [-0.2, -0.15) is 0 Å². The molecule has 5 heteroatoms. The van der Waals surface area contributed by atoms with E-state index in [-0.39, 0.29) is 5.41 Å². The first-order valence-electron chi connectivity index (χ1n) is 23.9. The zero-order valence-corrected chi connectivity index (χ0v) is 38.9. The largest absolute Gasteiger partial charge is 0.341 e. The summed E-state index contributed by atoms with van der Waals surface area (Å²) < 4.78 is 0. The molecule has 10 aromatic carbocycles. The van der Waals surface area contributed by atoms with Crippen LogP contribution in [0, 0.1) is 0 Å². The molecule has 0 unspecified atom stereocenters. The topological polar surface area (TPSA) is 25.9 Å². The molecule has 0 atom stereocenters. The van der Waals surface area contributed by atoms with Gasteiger partial charge < -0.3 is 19.6 Å². The number of hydrogen-bond donors (Lipinski definition) is 0. The van der Waals surface area contributed by atoms with E-state index in [1.807, 2.05) is 6.20 Å². The van der Waals surface area contributed by atoms with E-state index in [0.717, 1.165) is 89.7 Å². The van der Waals surface area contributed by atoms with Crippen LogP contribution in [0.3, 0.4) is 0 Å². The quantitative estimate of drug-likeness (QED) is 0.164. The Balaban J connectivity index is 1.11. The number of rotatable bonds is 4. The molecule has 0 amide bonds. The monoisotopic (exact) mass is 885 g/mol. The van der Waals surface area contributed by atoms with Crippen LogP contribution in [0.5, 0.6) is 0 Å². The van der Waals surface area contributed by atoms with Gasteiger partial charge in [-0.3, -0.25) is 4.98 Å². The highest BCUT2D eigenvalue weighted by Crippen LogP contribution is 2.56. The molecule has 3 heterocycles. The van der Waals surface area contributed by atoms with Gasteiger partial charge in [0.1, 0.15) is 0 Å². The van der Waals surface area contributed by atoms with E-state index in [1.165, 1.54) is 44.2 Å². The molecule has 2 aliphatic heterocycles. The van der Waals surface area contributed by atoms with Crippen molar-refractivity contribution in [3.05, 3.63) is 224 Å². The summed E-state index contributed by atoms with van der Waals surface area (Å²) in [7, 11) is 4.34. The zero-order chi connectivity index (χ0) is 46.1. The summed E-state index contributed by atoms with van der Waals surface area (Å²) in [5.74, 6) is 0. The average Bonchev–Trinajstić information content (AvgIpc) is 3.63. The second-order valence-electron chi connectivity index (χ2n) is 19.3. The normalized spacial score (nSPS) is 14.1. The highest BCUT2D eigenvalue weighted by molar-refractivity contribution is 6.24. The maximum atomic E-state index is 5.34. The van der Waals surface area contributed by atoms with Gasteiger partial charge in [0.25, 0.3) is 0 Å². The predicted molar refractivity (Wildman–Crippen MR) is 291 cm³/mol. The minimum Gasteiger partial charge on any atom is -0.341 e. The van der Waals surface area contributed by atoms with Crippen molar-refractivity contribution in [1.82, 2.24) is 4.98 Å². The molecule has 1 aromatic heterocycles. The van der Waals surface area contributed by atoms with E-state index in [1.54, 1.807) is 0 Å². The van der Waals surface area contributed by atoms with Gasteiger partial charge in [0, 0.05) is 48.0 Å². The van der Waals surface area contributed by atoms with E-state index in [4.69, 9.17) is 4.98 Å². The Morgan fingerprint density at radius 2 is 0.826 bits per heavy atom. The summed E-state index contributed by atoms with van der Waals surface area (Å²) in [6, 6.07) is 76.3. The molecule has 5 nitrogen and oxygen atoms in total. The third-order valence-corrected chi connectivity index (χ3v) is 15.3. The Labute approximate surface area is 402 Å². The molecular weight excluding hydrogens is 839 g/mol. The molecule has 14 rings (SSSR count). The molecule has 0 saturated heterocycles. The first kappa shape index (κ1) is 39.5. The van der Waals surface area contributed by atoms with Crippen LogP contribution < -0.4 is 19.6 Å². The number of hydrogen-bond acceptors (Lipinski definition) is 5. The fourth-order valence-electron chi connectivity index (χ4n) is 12.1. The highest BCUT2D eigenvalue weighted by atomic mass is 15.3. The van der Waals surface area contributed by atoms with Crippen molar-refractivity contribution in [2.24, 2.45) is 0 Å². The summed E-state index contributed by atoms with van der Waals surface area (Å²) in [6.07, 6.45) is 1.98. The van der Waals surface area contributed by atoms with Gasteiger partial charge in [-0.15, -0.1) is 0 Å². The standard InChI is InChI=1S/C64H47N5/c1-64(2)51-20-8-7-19-45(51)46-32-29-41(37-52(46)64)61-47-33-30-43(69-59-27-15-11-23-55(59)67(4)56-24-12-16-28-60(56)69)39-50(47)62(63-44-18-6-5-17-40(44)35-36-65-63)48-34-31-42(38-49(48)61)68-57-25-13-9-21-53(57)66(3)54-22-10-14-26-58(54)68/h5-39H,1-4H3. The summed E-state index contributed by atoms with van der Waals surface area (Å²) in [5, 5.41) is 6.94. The van der Waals surface area contributed by atoms with E-state index >= 15 is 0 Å². The summed E-state index contributed by atoms with van der Waals surface area (Å²) in [6.45, 7) is 4.76. The van der Waals surface area contributed by atoms with Crippen molar-refractivity contribution in [3.63, 3.8) is 0 Å². The molecule has 0 N–H and O–H groups in total. The van der Waals surface area contributed by atoms with E-state index in [2.05, 4.69) is 254 Å². The van der Waals surface area contributed by atoms with Crippen LogP contribution in [0.15, 0.2) is 212 Å². The Kier molecular flexibility index (Phi) is 8.39. The summed E-state index contributed by atoms with van der Waals surface area (Å²) in [4.78, 5) is 14.8. The maximum absolute atomic E-state index is 5.34. The summed E-state index contributed by atoms with van der Waals surface area (Å²) in [5.41, 5.74) is 21.1. The number of fused-ring (bicyclic) bond motifs is 10. The van der Waals surface area contributed by atoms with Crippen molar-refractivity contribution in [2.75, 3.05) is 33.7 Å². The molecule has 69 heavy (non-hydrogen) atoms. The maximum Gasteiger partial charge on any atom is 0.0792 e. The van der Waals surface area contributed by atoms with Crippen molar-refractivity contribution in [3.8, 4) is 33.5 Å². The second kappa shape index (κ2) is 14.7. The lowest BCUT2D eigenvalue weighted by atomic mass is 9.80. The highest BCUT2D eigenvalue weighted by Gasteiger charge is 2.36. The van der Waals surface area contributed by atoms with E-state index in [0.29, 0.717) is 0 Å². The smallest absolute Gasteiger partial charge is 0.0792 e. The van der Waals surface area contributed by atoms with Gasteiger partial charge in [-0.1, -0.05) is 135 Å². The Hall–Kier alpha value is -8.67. The Morgan fingerprint density at radius 3 is 1.41 bits per heavy atom. The first-order chi connectivity index (χ1) is 33.8. The Bertz CT molecular complexity index is 3860. The summed E-state index contributed by atoms with van der Waals surface area (Å²) >= 11 is 0. The van der Waals surface area contributed by atoms with Crippen molar-refractivity contribution in [1.29, 1.82) is 0 Å². The molecule has 0 bridgehead atoms. The molecule has 328 valence electrons. The van der Waals surface area contributed by atoms with Crippen LogP contribution in [0.25, 0.3) is 65.8 Å². The van der Waals surface area contributed by atoms with Gasteiger partial charge in [-0.25, -0.2) is 0 Å². The minimum atomic E-state index is -0.172. The molecular formula is C64H47N5. The molecule has 0 spiro atoms. The SMILES string of the molecule is CN1c2ccccc2N(c2ccc3c(-c4nccc5ccccc45)c4cc(N5c6ccccc6N(C)c6ccccc65)ccc4c(-c4ccc5c(c4)C(C)(C)c4ccccc4-5)c3c2)c2ccccc21. The van der Waals surface area contributed by atoms with E-state index < -0.39 is 0 Å². The lowest BCUT2D eigenvalue weighted by molar-refractivity contribution is 0.660. The fraction of sp³-hybridized carbons (Fsp3) is 0.0781.